The fraction of sp³-hybridized carbons (Fsp3) is 0.0588. The van der Waals surface area contributed by atoms with Crippen LogP contribution in [0.25, 0.3) is 0 Å². The summed E-state index contributed by atoms with van der Waals surface area (Å²) in [5, 5.41) is 5.59. The molecule has 4 nitrogen and oxygen atoms in total. The van der Waals surface area contributed by atoms with Gasteiger partial charge in [-0.3, -0.25) is 4.79 Å². The van der Waals surface area contributed by atoms with Crippen molar-refractivity contribution in [2.24, 2.45) is 0 Å². The number of amides is 1. The summed E-state index contributed by atoms with van der Waals surface area (Å²) in [6, 6.07) is 11.8. The van der Waals surface area contributed by atoms with Gasteiger partial charge in [0.2, 0.25) is 0 Å². The molecule has 1 amide bonds. The number of nitrogens with zero attached hydrogens (tertiary/aromatic N) is 1. The van der Waals surface area contributed by atoms with Gasteiger partial charge in [0.15, 0.2) is 0 Å². The van der Waals surface area contributed by atoms with E-state index in [4.69, 9.17) is 27.9 Å². The third kappa shape index (κ3) is 4.47. The maximum absolute atomic E-state index is 12.4. The van der Waals surface area contributed by atoms with Crippen molar-refractivity contribution in [3.8, 4) is 5.75 Å². The molecule has 7 heteroatoms. The molecule has 0 unspecified atom stereocenters. The Bertz CT molecular complexity index is 833. The molecule has 122 valence electrons. The molecule has 1 N–H and O–H groups in total. The van der Waals surface area contributed by atoms with Crippen LogP contribution < -0.4 is 10.1 Å². The van der Waals surface area contributed by atoms with E-state index in [1.54, 1.807) is 48.0 Å². The van der Waals surface area contributed by atoms with Crippen molar-refractivity contribution >= 4 is 46.1 Å². The van der Waals surface area contributed by atoms with Gasteiger partial charge in [0.05, 0.1) is 11.2 Å². The SMILES string of the molecule is O=C(Nc1cc(Cl)cc(Cl)c1)c1cccc(OCc2cscn2)c1. The minimum atomic E-state index is -0.271. The number of anilines is 1. The Hall–Kier alpha value is -2.08. The molecule has 0 radical (unpaired) electrons. The number of nitrogens with one attached hydrogen (secondary N) is 1. The highest BCUT2D eigenvalue weighted by Crippen LogP contribution is 2.23. The van der Waals surface area contributed by atoms with E-state index in [2.05, 4.69) is 10.3 Å². The van der Waals surface area contributed by atoms with Gasteiger partial charge in [-0.1, -0.05) is 29.3 Å². The van der Waals surface area contributed by atoms with Crippen LogP contribution in [0.1, 0.15) is 16.1 Å². The highest BCUT2D eigenvalue weighted by molar-refractivity contribution is 7.07. The van der Waals surface area contributed by atoms with Crippen molar-refractivity contribution in [1.29, 1.82) is 0 Å². The molecule has 24 heavy (non-hydrogen) atoms. The number of carbonyl (C=O) groups is 1. The van der Waals surface area contributed by atoms with Crippen molar-refractivity contribution in [2.45, 2.75) is 6.61 Å². The minimum absolute atomic E-state index is 0.271. The van der Waals surface area contributed by atoms with Crippen molar-refractivity contribution in [1.82, 2.24) is 4.98 Å². The van der Waals surface area contributed by atoms with E-state index >= 15 is 0 Å². The van der Waals surface area contributed by atoms with Crippen molar-refractivity contribution in [2.75, 3.05) is 5.32 Å². The zero-order chi connectivity index (χ0) is 16.9. The van der Waals surface area contributed by atoms with Crippen LogP contribution in [0, 0.1) is 0 Å². The van der Waals surface area contributed by atoms with Crippen molar-refractivity contribution in [3.05, 3.63) is 74.7 Å². The van der Waals surface area contributed by atoms with Crippen LogP contribution >= 0.6 is 34.5 Å². The molecule has 0 aliphatic carbocycles. The molecule has 0 bridgehead atoms. The number of benzene rings is 2. The van der Waals surface area contributed by atoms with Gasteiger partial charge in [-0.15, -0.1) is 11.3 Å². The lowest BCUT2D eigenvalue weighted by atomic mass is 10.2. The predicted molar refractivity (Wildman–Crippen MR) is 97.3 cm³/mol. The lowest BCUT2D eigenvalue weighted by Crippen LogP contribution is -2.12. The smallest absolute Gasteiger partial charge is 0.255 e. The summed E-state index contributed by atoms with van der Waals surface area (Å²) in [5.74, 6) is 0.326. The summed E-state index contributed by atoms with van der Waals surface area (Å²) in [7, 11) is 0. The van der Waals surface area contributed by atoms with Gasteiger partial charge in [0.25, 0.3) is 5.91 Å². The Morgan fingerprint density at radius 2 is 1.96 bits per heavy atom. The Kier molecular flexibility index (Phi) is 5.35. The van der Waals surface area contributed by atoms with Gasteiger partial charge in [-0.25, -0.2) is 4.98 Å². The van der Waals surface area contributed by atoms with E-state index in [-0.39, 0.29) is 5.91 Å². The lowest BCUT2D eigenvalue weighted by Gasteiger charge is -2.09. The number of halogens is 2. The number of hydrogen-bond acceptors (Lipinski definition) is 4. The standard InChI is InChI=1S/C17H12Cl2N2O2S/c18-12-5-13(19)7-14(6-12)21-17(22)11-2-1-3-16(4-11)23-8-15-9-24-10-20-15/h1-7,9-10H,8H2,(H,21,22). The fourth-order valence-electron chi connectivity index (χ4n) is 2.02. The monoisotopic (exact) mass is 378 g/mol. The van der Waals surface area contributed by atoms with E-state index in [0.717, 1.165) is 5.69 Å². The van der Waals surface area contributed by atoms with Gasteiger partial charge >= 0.3 is 0 Å². The second kappa shape index (κ2) is 7.66. The van der Waals surface area contributed by atoms with Crippen LogP contribution in [-0.4, -0.2) is 10.9 Å². The number of aromatic nitrogens is 1. The first-order valence-electron chi connectivity index (χ1n) is 6.97. The highest BCUT2D eigenvalue weighted by atomic mass is 35.5. The van der Waals surface area contributed by atoms with E-state index in [0.29, 0.717) is 33.7 Å². The summed E-state index contributed by atoms with van der Waals surface area (Å²) in [6.45, 7) is 0.360. The number of ether oxygens (including phenoxy) is 1. The number of rotatable bonds is 5. The second-order valence-corrected chi connectivity index (χ2v) is 6.50. The van der Waals surface area contributed by atoms with Crippen LogP contribution in [0.2, 0.25) is 10.0 Å². The average molecular weight is 379 g/mol. The zero-order valence-corrected chi connectivity index (χ0v) is 14.7. The van der Waals surface area contributed by atoms with Gasteiger partial charge < -0.3 is 10.1 Å². The molecule has 1 heterocycles. The molecule has 0 fully saturated rings. The van der Waals surface area contributed by atoms with Crippen LogP contribution in [0.3, 0.4) is 0 Å². The highest BCUT2D eigenvalue weighted by Gasteiger charge is 2.09. The Morgan fingerprint density at radius 1 is 1.17 bits per heavy atom. The first kappa shape index (κ1) is 16.8. The number of hydrogen-bond donors (Lipinski definition) is 1. The van der Waals surface area contributed by atoms with Gasteiger partial charge in [0, 0.05) is 26.7 Å². The number of carbonyl (C=O) groups excluding carboxylic acids is 1. The van der Waals surface area contributed by atoms with Crippen molar-refractivity contribution in [3.63, 3.8) is 0 Å². The molecule has 0 saturated heterocycles. The summed E-state index contributed by atoms with van der Waals surface area (Å²) in [5.41, 5.74) is 3.61. The third-order valence-corrected chi connectivity index (χ3v) is 4.16. The zero-order valence-electron chi connectivity index (χ0n) is 12.3. The third-order valence-electron chi connectivity index (χ3n) is 3.09. The largest absolute Gasteiger partial charge is 0.487 e. The molecule has 0 aliphatic heterocycles. The topological polar surface area (TPSA) is 51.2 Å². The van der Waals surface area contributed by atoms with E-state index in [9.17, 15) is 4.79 Å². The van der Waals surface area contributed by atoms with Crippen LogP contribution in [-0.2, 0) is 6.61 Å². The Labute approximate surface area is 153 Å². The van der Waals surface area contributed by atoms with Crippen molar-refractivity contribution < 1.29 is 9.53 Å². The maximum Gasteiger partial charge on any atom is 0.255 e. The molecule has 3 aromatic rings. The van der Waals surface area contributed by atoms with Gasteiger partial charge in [-0.05, 0) is 36.4 Å². The van der Waals surface area contributed by atoms with Gasteiger partial charge in [0.1, 0.15) is 12.4 Å². The first-order valence-corrected chi connectivity index (χ1v) is 8.67. The molecule has 1 aromatic heterocycles. The summed E-state index contributed by atoms with van der Waals surface area (Å²) < 4.78 is 5.65. The van der Waals surface area contributed by atoms with Crippen LogP contribution in [0.4, 0.5) is 5.69 Å². The predicted octanol–water partition coefficient (Wildman–Crippen LogP) is 5.28. The molecule has 0 aliphatic rings. The summed E-state index contributed by atoms with van der Waals surface area (Å²) in [4.78, 5) is 16.5. The molecule has 2 aromatic carbocycles. The lowest BCUT2D eigenvalue weighted by molar-refractivity contribution is 0.102. The molecule has 0 spiro atoms. The Morgan fingerprint density at radius 3 is 2.67 bits per heavy atom. The Balaban J connectivity index is 1.69. The summed E-state index contributed by atoms with van der Waals surface area (Å²) in [6.07, 6.45) is 0. The number of thiazole rings is 1. The minimum Gasteiger partial charge on any atom is -0.487 e. The quantitative estimate of drug-likeness (QED) is 0.656. The molecule has 0 saturated carbocycles. The normalized spacial score (nSPS) is 10.4. The van der Waals surface area contributed by atoms with E-state index in [1.165, 1.54) is 11.3 Å². The first-order chi connectivity index (χ1) is 11.6. The maximum atomic E-state index is 12.4. The molecule has 3 rings (SSSR count). The van der Waals surface area contributed by atoms with E-state index in [1.807, 2.05) is 5.38 Å². The summed E-state index contributed by atoms with van der Waals surface area (Å²) >= 11 is 13.4. The van der Waals surface area contributed by atoms with E-state index < -0.39 is 0 Å². The van der Waals surface area contributed by atoms with Crippen LogP contribution in [0.15, 0.2) is 53.4 Å². The molecule has 0 atom stereocenters. The van der Waals surface area contributed by atoms with Crippen LogP contribution in [0.5, 0.6) is 5.75 Å². The van der Waals surface area contributed by atoms with Gasteiger partial charge in [-0.2, -0.15) is 0 Å². The molecular formula is C17H12Cl2N2O2S. The fourth-order valence-corrected chi connectivity index (χ4v) is 3.09. The second-order valence-electron chi connectivity index (χ2n) is 4.91. The molecular weight excluding hydrogens is 367 g/mol. The average Bonchev–Trinajstić information content (AvgIpc) is 3.05.